The third-order valence-electron chi connectivity index (χ3n) is 6.50. The SMILES string of the molecule is Cc1cnc(Nc2cccc(NC(=O)N3CCCC3)c2)nc1NCCCNC(=O)C1CCCN1C. The molecule has 2 saturated heterocycles. The maximum absolute atomic E-state index is 12.4. The van der Waals surface area contributed by atoms with E-state index in [-0.39, 0.29) is 18.0 Å². The van der Waals surface area contributed by atoms with Gasteiger partial charge in [-0.2, -0.15) is 4.98 Å². The summed E-state index contributed by atoms with van der Waals surface area (Å²) in [4.78, 5) is 37.6. The number of hydrogen-bond acceptors (Lipinski definition) is 7. The number of rotatable bonds is 9. The summed E-state index contributed by atoms with van der Waals surface area (Å²) in [6.45, 7) is 5.87. The van der Waals surface area contributed by atoms with E-state index < -0.39 is 0 Å². The van der Waals surface area contributed by atoms with Crippen molar-refractivity contribution < 1.29 is 9.59 Å². The zero-order valence-electron chi connectivity index (χ0n) is 20.6. The van der Waals surface area contributed by atoms with Crippen molar-refractivity contribution in [3.8, 4) is 0 Å². The molecule has 1 atom stereocenters. The average molecular weight is 481 g/mol. The smallest absolute Gasteiger partial charge is 0.321 e. The van der Waals surface area contributed by atoms with Gasteiger partial charge in [-0.25, -0.2) is 9.78 Å². The van der Waals surface area contributed by atoms with Crippen molar-refractivity contribution in [2.24, 2.45) is 0 Å². The monoisotopic (exact) mass is 480 g/mol. The highest BCUT2D eigenvalue weighted by Crippen LogP contribution is 2.21. The highest BCUT2D eigenvalue weighted by atomic mass is 16.2. The first-order chi connectivity index (χ1) is 17.0. The second-order valence-electron chi connectivity index (χ2n) is 9.27. The zero-order chi connectivity index (χ0) is 24.6. The number of likely N-dealkylation sites (tertiary alicyclic amines) is 2. The van der Waals surface area contributed by atoms with Crippen molar-refractivity contribution >= 4 is 35.1 Å². The van der Waals surface area contributed by atoms with Crippen LogP contribution in [-0.4, -0.2) is 77.5 Å². The molecule has 188 valence electrons. The number of hydrogen-bond donors (Lipinski definition) is 4. The number of nitrogens with zero attached hydrogens (tertiary/aromatic N) is 4. The van der Waals surface area contributed by atoms with Crippen LogP contribution in [0.2, 0.25) is 0 Å². The number of carbonyl (C=O) groups excluding carboxylic acids is 2. The fourth-order valence-corrected chi connectivity index (χ4v) is 4.47. The first kappa shape index (κ1) is 24.7. The van der Waals surface area contributed by atoms with Gasteiger partial charge in [0.05, 0.1) is 6.04 Å². The van der Waals surface area contributed by atoms with Gasteiger partial charge in [-0.3, -0.25) is 9.69 Å². The van der Waals surface area contributed by atoms with Crippen molar-refractivity contribution in [2.75, 3.05) is 55.7 Å². The zero-order valence-corrected chi connectivity index (χ0v) is 20.6. The normalized spacial score (nSPS) is 17.9. The molecule has 0 saturated carbocycles. The van der Waals surface area contributed by atoms with E-state index in [1.165, 1.54) is 0 Å². The van der Waals surface area contributed by atoms with Crippen LogP contribution in [0.25, 0.3) is 0 Å². The molecule has 1 aromatic carbocycles. The molecule has 2 aliphatic heterocycles. The summed E-state index contributed by atoms with van der Waals surface area (Å²) in [6.07, 6.45) is 6.70. The molecule has 3 heterocycles. The molecule has 0 bridgehead atoms. The molecule has 4 rings (SSSR count). The summed E-state index contributed by atoms with van der Waals surface area (Å²) in [5.41, 5.74) is 2.46. The van der Waals surface area contributed by atoms with Gasteiger partial charge in [0.15, 0.2) is 0 Å². The minimum absolute atomic E-state index is 0.00717. The molecule has 0 aliphatic carbocycles. The summed E-state index contributed by atoms with van der Waals surface area (Å²) in [5, 5.41) is 12.6. The van der Waals surface area contributed by atoms with Gasteiger partial charge in [-0.15, -0.1) is 0 Å². The average Bonchev–Trinajstić information content (AvgIpc) is 3.53. The van der Waals surface area contributed by atoms with E-state index in [0.717, 1.165) is 74.5 Å². The van der Waals surface area contributed by atoms with Crippen molar-refractivity contribution in [2.45, 2.75) is 45.1 Å². The quantitative estimate of drug-likeness (QED) is 0.408. The van der Waals surface area contributed by atoms with Crippen molar-refractivity contribution in [1.29, 1.82) is 0 Å². The Morgan fingerprint density at radius 3 is 2.66 bits per heavy atom. The second kappa shape index (κ2) is 11.8. The van der Waals surface area contributed by atoms with E-state index in [9.17, 15) is 9.59 Å². The molecule has 3 amide bonds. The molecule has 10 nitrogen and oxygen atoms in total. The van der Waals surface area contributed by atoms with Crippen molar-refractivity contribution in [1.82, 2.24) is 25.1 Å². The van der Waals surface area contributed by atoms with Crippen LogP contribution in [0.1, 0.15) is 37.7 Å². The van der Waals surface area contributed by atoms with Gasteiger partial charge in [0.1, 0.15) is 5.82 Å². The standard InChI is InChI=1S/C25H36N8O2/c1-18-17-28-24(29-19-8-5-9-20(16-19)30-25(35)33-14-3-4-15-33)31-22(18)26-11-7-12-27-23(34)21-10-6-13-32(21)2/h5,8-9,16-17,21H,3-4,6-7,10-15H2,1-2H3,(H,27,34)(H,30,35)(H2,26,28,29,31). The molecule has 4 N–H and O–H groups in total. The van der Waals surface area contributed by atoms with Crippen LogP contribution < -0.4 is 21.3 Å². The van der Waals surface area contributed by atoms with Crippen LogP contribution >= 0.6 is 0 Å². The molecule has 1 aromatic heterocycles. The fourth-order valence-electron chi connectivity index (χ4n) is 4.47. The number of nitrogens with one attached hydrogen (secondary N) is 4. The lowest BCUT2D eigenvalue weighted by Crippen LogP contribution is -2.41. The highest BCUT2D eigenvalue weighted by molar-refractivity contribution is 5.90. The summed E-state index contributed by atoms with van der Waals surface area (Å²) < 4.78 is 0. The lowest BCUT2D eigenvalue weighted by atomic mass is 10.2. The van der Waals surface area contributed by atoms with E-state index in [0.29, 0.717) is 19.0 Å². The third kappa shape index (κ3) is 6.82. The Kier molecular flexibility index (Phi) is 8.36. The number of amides is 3. The molecule has 10 heteroatoms. The Labute approximate surface area is 206 Å². The Bertz CT molecular complexity index is 1020. The maximum Gasteiger partial charge on any atom is 0.321 e. The molecule has 0 spiro atoms. The Morgan fingerprint density at radius 2 is 1.89 bits per heavy atom. The number of carbonyl (C=O) groups is 2. The molecule has 2 aliphatic rings. The maximum atomic E-state index is 12.4. The van der Waals surface area contributed by atoms with Crippen LogP contribution in [0, 0.1) is 6.92 Å². The predicted octanol–water partition coefficient (Wildman–Crippen LogP) is 3.17. The molecule has 2 aromatic rings. The summed E-state index contributed by atoms with van der Waals surface area (Å²) in [6, 6.07) is 7.47. The highest BCUT2D eigenvalue weighted by Gasteiger charge is 2.27. The Balaban J connectivity index is 1.25. The van der Waals surface area contributed by atoms with Gasteiger partial charge >= 0.3 is 6.03 Å². The van der Waals surface area contributed by atoms with Gasteiger partial charge in [-0.1, -0.05) is 6.07 Å². The summed E-state index contributed by atoms with van der Waals surface area (Å²) in [5.74, 6) is 1.34. The fraction of sp³-hybridized carbons (Fsp3) is 0.520. The van der Waals surface area contributed by atoms with Gasteiger partial charge in [0.25, 0.3) is 0 Å². The molecule has 0 radical (unpaired) electrons. The van der Waals surface area contributed by atoms with Crippen LogP contribution in [0.4, 0.5) is 27.9 Å². The molecule has 1 unspecified atom stereocenters. The number of anilines is 4. The third-order valence-corrected chi connectivity index (χ3v) is 6.50. The Hall–Kier alpha value is -3.40. The van der Waals surface area contributed by atoms with E-state index in [1.54, 1.807) is 6.20 Å². The topological polar surface area (TPSA) is 115 Å². The Morgan fingerprint density at radius 1 is 1.09 bits per heavy atom. The molecule has 35 heavy (non-hydrogen) atoms. The number of aryl methyl sites for hydroxylation is 1. The number of likely N-dealkylation sites (N-methyl/N-ethyl adjacent to an activating group) is 1. The van der Waals surface area contributed by atoms with Gasteiger partial charge < -0.3 is 26.2 Å². The van der Waals surface area contributed by atoms with E-state index >= 15 is 0 Å². The van der Waals surface area contributed by atoms with Crippen molar-refractivity contribution in [3.05, 3.63) is 36.0 Å². The minimum atomic E-state index is -0.0656. The van der Waals surface area contributed by atoms with E-state index in [1.807, 2.05) is 43.1 Å². The lowest BCUT2D eigenvalue weighted by molar-refractivity contribution is -0.125. The summed E-state index contributed by atoms with van der Waals surface area (Å²) >= 11 is 0. The number of urea groups is 1. The molecular formula is C25H36N8O2. The van der Waals surface area contributed by atoms with Crippen LogP contribution in [0.5, 0.6) is 0 Å². The number of aromatic nitrogens is 2. The minimum Gasteiger partial charge on any atom is -0.370 e. The largest absolute Gasteiger partial charge is 0.370 e. The van der Waals surface area contributed by atoms with E-state index in [2.05, 4.69) is 36.1 Å². The predicted molar refractivity (Wildman–Crippen MR) is 138 cm³/mol. The van der Waals surface area contributed by atoms with Gasteiger partial charge in [0.2, 0.25) is 11.9 Å². The van der Waals surface area contributed by atoms with E-state index in [4.69, 9.17) is 0 Å². The van der Waals surface area contributed by atoms with Crippen LogP contribution in [-0.2, 0) is 4.79 Å². The van der Waals surface area contributed by atoms with Gasteiger partial charge in [-0.05, 0) is 70.8 Å². The second-order valence-corrected chi connectivity index (χ2v) is 9.27. The molecular weight excluding hydrogens is 444 g/mol. The first-order valence-corrected chi connectivity index (χ1v) is 12.5. The number of benzene rings is 1. The molecule has 2 fully saturated rings. The van der Waals surface area contributed by atoms with Crippen LogP contribution in [0.15, 0.2) is 30.5 Å². The van der Waals surface area contributed by atoms with Gasteiger partial charge in [0, 0.05) is 49.3 Å². The van der Waals surface area contributed by atoms with Crippen molar-refractivity contribution in [3.63, 3.8) is 0 Å². The lowest BCUT2D eigenvalue weighted by Gasteiger charge is -2.18. The summed E-state index contributed by atoms with van der Waals surface area (Å²) in [7, 11) is 2.00. The first-order valence-electron chi connectivity index (χ1n) is 12.5. The van der Waals surface area contributed by atoms with Crippen LogP contribution in [0.3, 0.4) is 0 Å².